The summed E-state index contributed by atoms with van der Waals surface area (Å²) in [5.74, 6) is -0.131. The number of aliphatic imine (C=N–C) groups is 1. The largest absolute Gasteiger partial charge is 0.406 e. The summed E-state index contributed by atoms with van der Waals surface area (Å²) < 4.78 is 50.2. The van der Waals surface area contributed by atoms with Crippen molar-refractivity contribution in [1.29, 1.82) is 0 Å². The van der Waals surface area contributed by atoms with Gasteiger partial charge in [-0.05, 0) is 29.5 Å². The molecule has 11 heteroatoms. The standard InChI is InChI=1S/C16H22F4N4OS.HI/c1-21-15(23-8-14(25)24(2)10-16(18,19)20)22-7-11-4-5-13(17)6-12(11)9-26-3;/h4-6H,7-10H2,1-3H3,(H2,21,22,23);1H. The zero-order chi connectivity index (χ0) is 19.7. The molecule has 0 aliphatic heterocycles. The highest BCUT2D eigenvalue weighted by Crippen LogP contribution is 2.17. The smallest absolute Gasteiger partial charge is 0.352 e. The summed E-state index contributed by atoms with van der Waals surface area (Å²) in [6.07, 6.45) is -2.54. The molecule has 0 heterocycles. The van der Waals surface area contributed by atoms with E-state index in [1.165, 1.54) is 19.2 Å². The van der Waals surface area contributed by atoms with Crippen molar-refractivity contribution < 1.29 is 22.4 Å². The van der Waals surface area contributed by atoms with E-state index in [1.54, 1.807) is 17.8 Å². The molecule has 154 valence electrons. The van der Waals surface area contributed by atoms with Crippen LogP contribution in [0.1, 0.15) is 11.1 Å². The van der Waals surface area contributed by atoms with E-state index in [0.717, 1.165) is 18.2 Å². The number of guanidine groups is 1. The second kappa shape index (κ2) is 12.3. The van der Waals surface area contributed by atoms with Crippen molar-refractivity contribution in [3.63, 3.8) is 0 Å². The number of benzene rings is 1. The third-order valence-corrected chi connectivity index (χ3v) is 3.99. The fourth-order valence-electron chi connectivity index (χ4n) is 2.11. The lowest BCUT2D eigenvalue weighted by Crippen LogP contribution is -2.45. The maximum absolute atomic E-state index is 13.4. The van der Waals surface area contributed by atoms with E-state index in [-0.39, 0.29) is 42.3 Å². The molecule has 0 unspecified atom stereocenters. The van der Waals surface area contributed by atoms with Gasteiger partial charge in [0.2, 0.25) is 5.91 Å². The van der Waals surface area contributed by atoms with Crippen LogP contribution in [0.25, 0.3) is 0 Å². The summed E-state index contributed by atoms with van der Waals surface area (Å²) >= 11 is 1.56. The van der Waals surface area contributed by atoms with Crippen LogP contribution in [-0.4, -0.2) is 56.4 Å². The quantitative estimate of drug-likeness (QED) is 0.250. The lowest BCUT2D eigenvalue weighted by atomic mass is 10.1. The lowest BCUT2D eigenvalue weighted by Gasteiger charge is -2.20. The van der Waals surface area contributed by atoms with Gasteiger partial charge in [0.1, 0.15) is 12.4 Å². The summed E-state index contributed by atoms with van der Waals surface area (Å²) in [6, 6.07) is 4.47. The highest BCUT2D eigenvalue weighted by Gasteiger charge is 2.31. The van der Waals surface area contributed by atoms with E-state index >= 15 is 0 Å². The number of alkyl halides is 3. The molecule has 0 fully saturated rings. The van der Waals surface area contributed by atoms with Crippen molar-refractivity contribution in [3.8, 4) is 0 Å². The molecule has 0 aliphatic rings. The molecule has 5 nitrogen and oxygen atoms in total. The Balaban J connectivity index is 0.00000676. The van der Waals surface area contributed by atoms with Gasteiger partial charge in [-0.15, -0.1) is 24.0 Å². The van der Waals surface area contributed by atoms with E-state index in [0.29, 0.717) is 17.2 Å². The van der Waals surface area contributed by atoms with Gasteiger partial charge in [0.25, 0.3) is 0 Å². The number of likely N-dealkylation sites (N-methyl/N-ethyl adjacent to an activating group) is 1. The summed E-state index contributed by atoms with van der Waals surface area (Å²) in [5, 5.41) is 5.63. The van der Waals surface area contributed by atoms with Gasteiger partial charge in [-0.2, -0.15) is 24.9 Å². The van der Waals surface area contributed by atoms with Gasteiger partial charge >= 0.3 is 6.18 Å². The average Bonchev–Trinajstić information content (AvgIpc) is 2.55. The molecule has 1 aromatic rings. The molecule has 0 bridgehead atoms. The summed E-state index contributed by atoms with van der Waals surface area (Å²) in [4.78, 5) is 16.2. The first-order chi connectivity index (χ1) is 12.2. The molecule has 27 heavy (non-hydrogen) atoms. The number of carbonyl (C=O) groups excluding carboxylic acids is 1. The van der Waals surface area contributed by atoms with E-state index in [4.69, 9.17) is 0 Å². The minimum absolute atomic E-state index is 0. The van der Waals surface area contributed by atoms with Crippen LogP contribution in [0.4, 0.5) is 17.6 Å². The number of amides is 1. The number of rotatable bonds is 7. The summed E-state index contributed by atoms with van der Waals surface area (Å²) in [7, 11) is 2.56. The fraction of sp³-hybridized carbons (Fsp3) is 0.500. The summed E-state index contributed by atoms with van der Waals surface area (Å²) in [5.41, 5.74) is 1.70. The lowest BCUT2D eigenvalue weighted by molar-refractivity contribution is -0.157. The number of thioether (sulfide) groups is 1. The van der Waals surface area contributed by atoms with Crippen LogP contribution >= 0.6 is 35.7 Å². The molecule has 0 saturated carbocycles. The van der Waals surface area contributed by atoms with Crippen LogP contribution in [0.5, 0.6) is 0 Å². The molecule has 0 spiro atoms. The number of hydrogen-bond acceptors (Lipinski definition) is 3. The van der Waals surface area contributed by atoms with E-state index < -0.39 is 18.6 Å². The normalized spacial score (nSPS) is 11.6. The highest BCUT2D eigenvalue weighted by molar-refractivity contribution is 14.0. The Hall–Kier alpha value is -1.24. The SMILES string of the molecule is CN=C(NCC(=O)N(C)CC(F)(F)F)NCc1ccc(F)cc1CSC.I. The monoisotopic (exact) mass is 522 g/mol. The van der Waals surface area contributed by atoms with Gasteiger partial charge < -0.3 is 15.5 Å². The molecular weight excluding hydrogens is 499 g/mol. The molecule has 0 atom stereocenters. The molecule has 1 aromatic carbocycles. The van der Waals surface area contributed by atoms with Crippen LogP contribution in [0.2, 0.25) is 0 Å². The number of nitrogens with one attached hydrogen (secondary N) is 2. The van der Waals surface area contributed by atoms with E-state index in [9.17, 15) is 22.4 Å². The Morgan fingerprint density at radius 1 is 1.26 bits per heavy atom. The molecule has 1 amide bonds. The zero-order valence-corrected chi connectivity index (χ0v) is 18.3. The van der Waals surface area contributed by atoms with Gasteiger partial charge in [0.05, 0.1) is 6.54 Å². The molecule has 2 N–H and O–H groups in total. The van der Waals surface area contributed by atoms with Gasteiger partial charge in [0.15, 0.2) is 5.96 Å². The first kappa shape index (κ1) is 25.8. The molecule has 0 aliphatic carbocycles. The molecule has 1 rings (SSSR count). The first-order valence-electron chi connectivity index (χ1n) is 7.67. The predicted molar refractivity (Wildman–Crippen MR) is 111 cm³/mol. The number of hydrogen-bond donors (Lipinski definition) is 2. The van der Waals surface area contributed by atoms with Crippen LogP contribution in [0, 0.1) is 5.82 Å². The molecule has 0 saturated heterocycles. The van der Waals surface area contributed by atoms with Gasteiger partial charge in [0, 0.05) is 26.4 Å². The van der Waals surface area contributed by atoms with E-state index in [1.807, 2.05) is 6.26 Å². The second-order valence-electron chi connectivity index (χ2n) is 5.49. The number of carbonyl (C=O) groups is 1. The maximum Gasteiger partial charge on any atom is 0.406 e. The van der Waals surface area contributed by atoms with Gasteiger partial charge in [-0.1, -0.05) is 6.07 Å². The van der Waals surface area contributed by atoms with E-state index in [2.05, 4.69) is 15.6 Å². The minimum atomic E-state index is -4.44. The van der Waals surface area contributed by atoms with Crippen molar-refractivity contribution in [2.75, 3.05) is 33.4 Å². The topological polar surface area (TPSA) is 56.7 Å². The highest BCUT2D eigenvalue weighted by atomic mass is 127. The van der Waals surface area contributed by atoms with Crippen LogP contribution in [0.3, 0.4) is 0 Å². The van der Waals surface area contributed by atoms with Gasteiger partial charge in [-0.25, -0.2) is 4.39 Å². The molecular formula is C16H23F4IN4OS. The van der Waals surface area contributed by atoms with Crippen LogP contribution in [-0.2, 0) is 17.1 Å². The minimum Gasteiger partial charge on any atom is -0.352 e. The third kappa shape index (κ3) is 10.0. The first-order valence-corrected chi connectivity index (χ1v) is 9.07. The third-order valence-electron chi connectivity index (χ3n) is 3.39. The Labute approximate surface area is 177 Å². The van der Waals surface area contributed by atoms with Crippen molar-refractivity contribution in [3.05, 3.63) is 35.1 Å². The Bertz CT molecular complexity index is 643. The van der Waals surface area contributed by atoms with Crippen LogP contribution in [0.15, 0.2) is 23.2 Å². The van der Waals surface area contributed by atoms with Crippen molar-refractivity contribution in [2.45, 2.75) is 18.5 Å². The Morgan fingerprint density at radius 2 is 1.93 bits per heavy atom. The number of nitrogens with zero attached hydrogens (tertiary/aromatic N) is 2. The maximum atomic E-state index is 13.4. The fourth-order valence-corrected chi connectivity index (χ4v) is 2.69. The Morgan fingerprint density at radius 3 is 2.48 bits per heavy atom. The average molecular weight is 522 g/mol. The van der Waals surface area contributed by atoms with Crippen molar-refractivity contribution >= 4 is 47.6 Å². The Kier molecular flexibility index (Phi) is 11.7. The predicted octanol–water partition coefficient (Wildman–Crippen LogP) is 2.99. The van der Waals surface area contributed by atoms with Crippen LogP contribution < -0.4 is 10.6 Å². The number of halogens is 5. The second-order valence-corrected chi connectivity index (χ2v) is 6.36. The van der Waals surface area contributed by atoms with Gasteiger partial charge in [-0.3, -0.25) is 9.79 Å². The van der Waals surface area contributed by atoms with Crippen molar-refractivity contribution in [1.82, 2.24) is 15.5 Å². The zero-order valence-electron chi connectivity index (χ0n) is 15.2. The molecule has 0 aromatic heterocycles. The molecule has 0 radical (unpaired) electrons. The summed E-state index contributed by atoms with van der Waals surface area (Å²) in [6.45, 7) is -1.30. The van der Waals surface area contributed by atoms with Crippen molar-refractivity contribution in [2.24, 2.45) is 4.99 Å².